The molecule has 0 spiro atoms. The summed E-state index contributed by atoms with van der Waals surface area (Å²) in [6.07, 6.45) is 1.07. The van der Waals surface area contributed by atoms with Gasteiger partial charge in [0.25, 0.3) is 0 Å². The van der Waals surface area contributed by atoms with E-state index in [-0.39, 0.29) is 0 Å². The Morgan fingerprint density at radius 2 is 2.00 bits per heavy atom. The average Bonchev–Trinajstić information content (AvgIpc) is 2.22. The van der Waals surface area contributed by atoms with Gasteiger partial charge in [-0.25, -0.2) is 0 Å². The molecule has 1 unspecified atom stereocenters. The van der Waals surface area contributed by atoms with Crippen molar-refractivity contribution in [1.82, 2.24) is 0 Å². The number of halogens is 1. The van der Waals surface area contributed by atoms with Crippen LogP contribution in [0.15, 0.2) is 22.7 Å². The van der Waals surface area contributed by atoms with E-state index in [4.69, 9.17) is 10.5 Å². The van der Waals surface area contributed by atoms with Crippen molar-refractivity contribution in [2.45, 2.75) is 45.3 Å². The van der Waals surface area contributed by atoms with Crippen LogP contribution in [0.25, 0.3) is 0 Å². The van der Waals surface area contributed by atoms with Gasteiger partial charge in [-0.15, -0.1) is 0 Å². The molecule has 96 valence electrons. The van der Waals surface area contributed by atoms with E-state index in [1.807, 2.05) is 18.2 Å². The average molecular weight is 316 g/mol. The van der Waals surface area contributed by atoms with E-state index in [9.17, 15) is 0 Å². The van der Waals surface area contributed by atoms with Crippen LogP contribution in [0.2, 0.25) is 19.6 Å². The number of hydrogen-bond acceptors (Lipinski definition) is 2. The highest BCUT2D eigenvalue weighted by molar-refractivity contribution is 9.10. The number of nitrogen functional groups attached to an aromatic ring is 1. The largest absolute Gasteiger partial charge is 0.398 e. The third-order valence-electron chi connectivity index (χ3n) is 2.88. The van der Waals surface area contributed by atoms with Crippen molar-refractivity contribution in [3.05, 3.63) is 28.2 Å². The molecule has 0 fully saturated rings. The number of ether oxygens (including phenoxy) is 1. The molecular formula is C13H22BrNOSi. The highest BCUT2D eigenvalue weighted by atomic mass is 79.9. The summed E-state index contributed by atoms with van der Waals surface area (Å²) in [6.45, 7) is 9.81. The van der Waals surface area contributed by atoms with Crippen LogP contribution in [-0.4, -0.2) is 13.8 Å². The molecule has 0 aliphatic rings. The molecule has 0 radical (unpaired) electrons. The fourth-order valence-corrected chi connectivity index (χ4v) is 4.09. The summed E-state index contributed by atoms with van der Waals surface area (Å²) < 4.78 is 7.09. The smallest absolute Gasteiger partial charge is 0.0785 e. The zero-order chi connectivity index (χ0) is 13.1. The van der Waals surface area contributed by atoms with Crippen molar-refractivity contribution in [1.29, 1.82) is 0 Å². The molecular weight excluding hydrogens is 294 g/mol. The minimum Gasteiger partial charge on any atom is -0.398 e. The lowest BCUT2D eigenvalue weighted by Gasteiger charge is -2.28. The molecule has 0 heterocycles. The Morgan fingerprint density at radius 1 is 1.35 bits per heavy atom. The third-order valence-corrected chi connectivity index (χ3v) is 5.88. The van der Waals surface area contributed by atoms with E-state index in [0.29, 0.717) is 12.3 Å². The molecule has 1 rings (SSSR count). The monoisotopic (exact) mass is 315 g/mol. The predicted molar refractivity (Wildman–Crippen MR) is 80.8 cm³/mol. The van der Waals surface area contributed by atoms with Gasteiger partial charge in [0.05, 0.1) is 14.7 Å². The summed E-state index contributed by atoms with van der Waals surface area (Å²) in [5.41, 5.74) is 8.20. The molecule has 1 aromatic rings. The first-order chi connectivity index (χ1) is 7.84. The summed E-state index contributed by atoms with van der Waals surface area (Å²) in [5.74, 6) is 0. The van der Waals surface area contributed by atoms with Crippen molar-refractivity contribution in [3.63, 3.8) is 0 Å². The first-order valence-electron chi connectivity index (χ1n) is 6.00. The SMILES string of the molecule is CCC(OCc1cc(Br)ccc1N)[Si](C)(C)C. The number of benzene rings is 1. The minimum atomic E-state index is -1.25. The van der Waals surface area contributed by atoms with Gasteiger partial charge in [0, 0.05) is 21.5 Å². The summed E-state index contributed by atoms with van der Waals surface area (Å²) in [5, 5.41) is 0. The minimum absolute atomic E-state index is 0.390. The van der Waals surface area contributed by atoms with Crippen molar-refractivity contribution in [2.75, 3.05) is 5.73 Å². The van der Waals surface area contributed by atoms with E-state index in [0.717, 1.165) is 22.1 Å². The maximum Gasteiger partial charge on any atom is 0.0785 e. The molecule has 4 heteroatoms. The van der Waals surface area contributed by atoms with Crippen LogP contribution in [0.5, 0.6) is 0 Å². The second kappa shape index (κ2) is 6.02. The molecule has 0 aromatic heterocycles. The molecule has 0 bridgehead atoms. The number of hydrogen-bond donors (Lipinski definition) is 1. The standard InChI is InChI=1S/C13H22BrNOSi/c1-5-13(17(2,3)4)16-9-10-8-11(14)6-7-12(10)15/h6-8,13H,5,9,15H2,1-4H3. The number of anilines is 1. The fraction of sp³-hybridized carbons (Fsp3) is 0.538. The fourth-order valence-electron chi connectivity index (χ4n) is 1.87. The zero-order valence-corrected chi connectivity index (χ0v) is 13.7. The highest BCUT2D eigenvalue weighted by Gasteiger charge is 2.25. The Hall–Kier alpha value is -0.323. The topological polar surface area (TPSA) is 35.2 Å². The Balaban J connectivity index is 2.69. The summed E-state index contributed by atoms with van der Waals surface area (Å²) in [6, 6.07) is 5.90. The molecule has 2 nitrogen and oxygen atoms in total. The normalized spacial score (nSPS) is 13.7. The zero-order valence-electron chi connectivity index (χ0n) is 11.1. The third kappa shape index (κ3) is 4.45. The Bertz CT molecular complexity index is 376. The molecule has 2 N–H and O–H groups in total. The molecule has 1 atom stereocenters. The van der Waals surface area contributed by atoms with Gasteiger partial charge in [0.15, 0.2) is 0 Å². The quantitative estimate of drug-likeness (QED) is 0.652. The first kappa shape index (κ1) is 14.7. The molecule has 0 aliphatic heterocycles. The van der Waals surface area contributed by atoms with Crippen LogP contribution in [0.3, 0.4) is 0 Å². The maximum absolute atomic E-state index is 6.04. The molecule has 0 saturated carbocycles. The van der Waals surface area contributed by atoms with Crippen LogP contribution >= 0.6 is 15.9 Å². The van der Waals surface area contributed by atoms with Crippen molar-refractivity contribution in [2.24, 2.45) is 0 Å². The van der Waals surface area contributed by atoms with Gasteiger partial charge in [-0.2, -0.15) is 0 Å². The van der Waals surface area contributed by atoms with Gasteiger partial charge in [-0.3, -0.25) is 0 Å². The number of rotatable bonds is 5. The Morgan fingerprint density at radius 3 is 2.53 bits per heavy atom. The molecule has 17 heavy (non-hydrogen) atoms. The molecule has 0 aliphatic carbocycles. The lowest BCUT2D eigenvalue weighted by molar-refractivity contribution is 0.0843. The van der Waals surface area contributed by atoms with Crippen molar-refractivity contribution >= 4 is 29.7 Å². The molecule has 0 saturated heterocycles. The van der Waals surface area contributed by atoms with E-state index >= 15 is 0 Å². The second-order valence-electron chi connectivity index (χ2n) is 5.42. The first-order valence-corrected chi connectivity index (χ1v) is 10.4. The van der Waals surface area contributed by atoms with Gasteiger partial charge in [0.2, 0.25) is 0 Å². The lowest BCUT2D eigenvalue weighted by Crippen LogP contribution is -2.39. The van der Waals surface area contributed by atoms with Gasteiger partial charge in [-0.05, 0) is 24.6 Å². The van der Waals surface area contributed by atoms with Gasteiger partial charge in [-0.1, -0.05) is 42.5 Å². The lowest BCUT2D eigenvalue weighted by atomic mass is 10.2. The van der Waals surface area contributed by atoms with Gasteiger partial charge in [0.1, 0.15) is 0 Å². The molecule has 0 amide bonds. The van der Waals surface area contributed by atoms with Gasteiger partial charge < -0.3 is 10.5 Å². The van der Waals surface area contributed by atoms with Crippen LogP contribution in [0.4, 0.5) is 5.69 Å². The Kier molecular flexibility index (Phi) is 5.22. The highest BCUT2D eigenvalue weighted by Crippen LogP contribution is 2.22. The van der Waals surface area contributed by atoms with Crippen LogP contribution in [0, 0.1) is 0 Å². The summed E-state index contributed by atoms with van der Waals surface area (Å²) in [4.78, 5) is 0. The Labute approximate surface area is 114 Å². The van der Waals surface area contributed by atoms with E-state index in [1.54, 1.807) is 0 Å². The van der Waals surface area contributed by atoms with Crippen LogP contribution < -0.4 is 5.73 Å². The van der Waals surface area contributed by atoms with Crippen LogP contribution in [0.1, 0.15) is 18.9 Å². The summed E-state index contributed by atoms with van der Waals surface area (Å²) in [7, 11) is -1.25. The second-order valence-corrected chi connectivity index (χ2v) is 11.7. The predicted octanol–water partition coefficient (Wildman–Crippen LogP) is 4.20. The van der Waals surface area contributed by atoms with Gasteiger partial charge >= 0.3 is 0 Å². The summed E-state index contributed by atoms with van der Waals surface area (Å²) >= 11 is 3.46. The van der Waals surface area contributed by atoms with Crippen molar-refractivity contribution < 1.29 is 4.74 Å². The number of nitrogens with two attached hydrogens (primary N) is 1. The van der Waals surface area contributed by atoms with E-state index in [1.165, 1.54) is 0 Å². The maximum atomic E-state index is 6.04. The van der Waals surface area contributed by atoms with E-state index < -0.39 is 8.07 Å². The van der Waals surface area contributed by atoms with Crippen molar-refractivity contribution in [3.8, 4) is 0 Å². The van der Waals surface area contributed by atoms with Crippen LogP contribution in [-0.2, 0) is 11.3 Å². The molecule has 1 aromatic carbocycles. The van der Waals surface area contributed by atoms with E-state index in [2.05, 4.69) is 42.5 Å².